The molecule has 1 aliphatic heterocycles. The molecule has 1 N–H and O–H groups in total. The summed E-state index contributed by atoms with van der Waals surface area (Å²) in [5, 5.41) is 9.80. The SMILES string of the molecule is COCCC(C)N1CCC(C)(O)CC1. The van der Waals surface area contributed by atoms with Crippen molar-refractivity contribution in [2.75, 3.05) is 26.8 Å². The maximum absolute atomic E-state index is 9.80. The van der Waals surface area contributed by atoms with E-state index >= 15 is 0 Å². The van der Waals surface area contributed by atoms with Gasteiger partial charge in [-0.3, -0.25) is 0 Å². The maximum Gasteiger partial charge on any atom is 0.0644 e. The zero-order valence-corrected chi connectivity index (χ0v) is 9.62. The van der Waals surface area contributed by atoms with Crippen LogP contribution in [0, 0.1) is 0 Å². The Labute approximate surface area is 87.1 Å². The first-order valence-electron chi connectivity index (χ1n) is 5.50. The van der Waals surface area contributed by atoms with Crippen LogP contribution in [0.4, 0.5) is 0 Å². The number of hydrogen-bond acceptors (Lipinski definition) is 3. The van der Waals surface area contributed by atoms with E-state index in [9.17, 15) is 5.11 Å². The average Bonchev–Trinajstić information content (AvgIpc) is 2.14. The molecule has 0 aliphatic carbocycles. The Morgan fingerprint density at radius 1 is 1.43 bits per heavy atom. The van der Waals surface area contributed by atoms with Crippen molar-refractivity contribution < 1.29 is 9.84 Å². The van der Waals surface area contributed by atoms with Gasteiger partial charge in [-0.25, -0.2) is 0 Å². The molecule has 0 aromatic rings. The molecular weight excluding hydrogens is 178 g/mol. The van der Waals surface area contributed by atoms with Crippen molar-refractivity contribution in [3.8, 4) is 0 Å². The third-order valence-corrected chi connectivity index (χ3v) is 3.24. The fourth-order valence-electron chi connectivity index (χ4n) is 1.92. The lowest BCUT2D eigenvalue weighted by molar-refractivity contribution is -0.0175. The van der Waals surface area contributed by atoms with Gasteiger partial charge in [0.25, 0.3) is 0 Å². The second kappa shape index (κ2) is 5.10. The molecule has 3 heteroatoms. The summed E-state index contributed by atoms with van der Waals surface area (Å²) in [5.74, 6) is 0. The van der Waals surface area contributed by atoms with Crippen molar-refractivity contribution in [1.29, 1.82) is 0 Å². The highest BCUT2D eigenvalue weighted by Gasteiger charge is 2.28. The molecule has 0 saturated carbocycles. The molecular formula is C11H23NO2. The lowest BCUT2D eigenvalue weighted by Gasteiger charge is -2.39. The average molecular weight is 201 g/mol. The van der Waals surface area contributed by atoms with Gasteiger partial charge < -0.3 is 14.7 Å². The summed E-state index contributed by atoms with van der Waals surface area (Å²) in [6.45, 7) is 7.02. The van der Waals surface area contributed by atoms with Gasteiger partial charge in [-0.2, -0.15) is 0 Å². The number of aliphatic hydroxyl groups is 1. The van der Waals surface area contributed by atoms with Crippen molar-refractivity contribution >= 4 is 0 Å². The van der Waals surface area contributed by atoms with E-state index in [0.29, 0.717) is 6.04 Å². The minimum Gasteiger partial charge on any atom is -0.390 e. The molecule has 1 fully saturated rings. The first kappa shape index (κ1) is 12.0. The van der Waals surface area contributed by atoms with Crippen LogP contribution >= 0.6 is 0 Å². The monoisotopic (exact) mass is 201 g/mol. The quantitative estimate of drug-likeness (QED) is 0.743. The van der Waals surface area contributed by atoms with E-state index < -0.39 is 5.60 Å². The number of hydrogen-bond donors (Lipinski definition) is 1. The molecule has 84 valence electrons. The van der Waals surface area contributed by atoms with Crippen LogP contribution in [0.3, 0.4) is 0 Å². The molecule has 1 heterocycles. The van der Waals surface area contributed by atoms with Crippen LogP contribution in [0.15, 0.2) is 0 Å². The Bertz CT molecular complexity index is 161. The molecule has 3 nitrogen and oxygen atoms in total. The van der Waals surface area contributed by atoms with Crippen LogP contribution < -0.4 is 0 Å². The normalized spacial score (nSPS) is 24.9. The topological polar surface area (TPSA) is 32.7 Å². The predicted octanol–water partition coefficient (Wildman–Crippen LogP) is 1.26. The first-order chi connectivity index (χ1) is 6.55. The van der Waals surface area contributed by atoms with Crippen LogP contribution in [0.2, 0.25) is 0 Å². The Morgan fingerprint density at radius 3 is 2.50 bits per heavy atom. The van der Waals surface area contributed by atoms with Gasteiger partial charge in [-0.1, -0.05) is 0 Å². The molecule has 1 rings (SSSR count). The van der Waals surface area contributed by atoms with E-state index in [1.807, 2.05) is 6.92 Å². The number of piperidine rings is 1. The summed E-state index contributed by atoms with van der Waals surface area (Å²) >= 11 is 0. The number of nitrogens with zero attached hydrogens (tertiary/aromatic N) is 1. The van der Waals surface area contributed by atoms with E-state index in [1.165, 1.54) is 0 Å². The molecule has 1 atom stereocenters. The van der Waals surface area contributed by atoms with Gasteiger partial charge in [0, 0.05) is 32.8 Å². The standard InChI is InChI=1S/C11H23NO2/c1-10(4-9-14-3)12-7-5-11(2,13)6-8-12/h10,13H,4-9H2,1-3H3. The highest BCUT2D eigenvalue weighted by Crippen LogP contribution is 2.23. The third kappa shape index (κ3) is 3.56. The minimum absolute atomic E-state index is 0.433. The molecule has 0 amide bonds. The summed E-state index contributed by atoms with van der Waals surface area (Å²) in [5.41, 5.74) is -0.433. The van der Waals surface area contributed by atoms with Crippen LogP contribution in [0.25, 0.3) is 0 Å². The lowest BCUT2D eigenvalue weighted by Crippen LogP contribution is -2.46. The van der Waals surface area contributed by atoms with Gasteiger partial charge in [0.1, 0.15) is 0 Å². The van der Waals surface area contributed by atoms with Gasteiger partial charge in [0.2, 0.25) is 0 Å². The molecule has 0 aromatic heterocycles. The van der Waals surface area contributed by atoms with Crippen molar-refractivity contribution in [2.24, 2.45) is 0 Å². The Hall–Kier alpha value is -0.120. The van der Waals surface area contributed by atoms with Crippen molar-refractivity contribution in [3.05, 3.63) is 0 Å². The number of likely N-dealkylation sites (tertiary alicyclic amines) is 1. The zero-order valence-electron chi connectivity index (χ0n) is 9.62. The summed E-state index contributed by atoms with van der Waals surface area (Å²) < 4.78 is 5.07. The van der Waals surface area contributed by atoms with E-state index in [2.05, 4.69) is 11.8 Å². The van der Waals surface area contributed by atoms with Crippen molar-refractivity contribution in [1.82, 2.24) is 4.90 Å². The number of methoxy groups -OCH3 is 1. The molecule has 0 aromatic carbocycles. The summed E-state index contributed by atoms with van der Waals surface area (Å²) in [7, 11) is 1.74. The third-order valence-electron chi connectivity index (χ3n) is 3.24. The van der Waals surface area contributed by atoms with E-state index in [-0.39, 0.29) is 0 Å². The fraction of sp³-hybridized carbons (Fsp3) is 1.00. The molecule has 1 saturated heterocycles. The van der Waals surface area contributed by atoms with E-state index in [1.54, 1.807) is 7.11 Å². The molecule has 1 aliphatic rings. The molecule has 1 unspecified atom stereocenters. The summed E-state index contributed by atoms with van der Waals surface area (Å²) in [6, 6.07) is 0.575. The predicted molar refractivity (Wildman–Crippen MR) is 57.4 cm³/mol. The van der Waals surface area contributed by atoms with E-state index in [0.717, 1.165) is 39.0 Å². The Morgan fingerprint density at radius 2 is 2.00 bits per heavy atom. The van der Waals surface area contributed by atoms with Gasteiger partial charge in [0.05, 0.1) is 5.60 Å². The smallest absolute Gasteiger partial charge is 0.0644 e. The van der Waals surface area contributed by atoms with Gasteiger partial charge in [-0.15, -0.1) is 0 Å². The number of rotatable bonds is 4. The van der Waals surface area contributed by atoms with Gasteiger partial charge >= 0.3 is 0 Å². The molecule has 0 bridgehead atoms. The van der Waals surface area contributed by atoms with Crippen LogP contribution in [-0.2, 0) is 4.74 Å². The van der Waals surface area contributed by atoms with Gasteiger partial charge in [0.15, 0.2) is 0 Å². The molecule has 14 heavy (non-hydrogen) atoms. The summed E-state index contributed by atoms with van der Waals surface area (Å²) in [6.07, 6.45) is 2.87. The summed E-state index contributed by atoms with van der Waals surface area (Å²) in [4.78, 5) is 2.44. The molecule has 0 radical (unpaired) electrons. The van der Waals surface area contributed by atoms with Crippen LogP contribution in [0.5, 0.6) is 0 Å². The first-order valence-corrected chi connectivity index (χ1v) is 5.50. The highest BCUT2D eigenvalue weighted by atomic mass is 16.5. The van der Waals surface area contributed by atoms with Crippen molar-refractivity contribution in [2.45, 2.75) is 44.8 Å². The minimum atomic E-state index is -0.433. The lowest BCUT2D eigenvalue weighted by atomic mass is 9.93. The molecule has 0 spiro atoms. The fourth-order valence-corrected chi connectivity index (χ4v) is 1.92. The highest BCUT2D eigenvalue weighted by molar-refractivity contribution is 4.83. The van der Waals surface area contributed by atoms with Gasteiger partial charge in [-0.05, 0) is 33.1 Å². The van der Waals surface area contributed by atoms with Crippen molar-refractivity contribution in [3.63, 3.8) is 0 Å². The van der Waals surface area contributed by atoms with Crippen LogP contribution in [0.1, 0.15) is 33.1 Å². The second-order valence-corrected chi connectivity index (χ2v) is 4.66. The number of ether oxygens (including phenoxy) is 1. The maximum atomic E-state index is 9.80. The Kier molecular flexibility index (Phi) is 4.35. The second-order valence-electron chi connectivity index (χ2n) is 4.66. The van der Waals surface area contributed by atoms with E-state index in [4.69, 9.17) is 4.74 Å². The Balaban J connectivity index is 2.27. The largest absolute Gasteiger partial charge is 0.390 e. The zero-order chi connectivity index (χ0) is 10.6. The van der Waals surface area contributed by atoms with Crippen LogP contribution in [-0.4, -0.2) is 48.5 Å².